The van der Waals surface area contributed by atoms with Crippen molar-refractivity contribution in [2.24, 2.45) is 0 Å². The lowest BCUT2D eigenvalue weighted by Crippen LogP contribution is -1.91. The first-order chi connectivity index (χ1) is 8.49. The third kappa shape index (κ3) is 2.26. The van der Waals surface area contributed by atoms with E-state index in [0.29, 0.717) is 16.9 Å². The van der Waals surface area contributed by atoms with Crippen molar-refractivity contribution in [1.82, 2.24) is 0 Å². The molecule has 0 aliphatic rings. The molecule has 0 radical (unpaired) electrons. The third-order valence-electron chi connectivity index (χ3n) is 2.49. The smallest absolute Gasteiger partial charge is 0.287 e. The molecule has 1 aromatic heterocycles. The van der Waals surface area contributed by atoms with Gasteiger partial charge in [0, 0.05) is 17.2 Å². The molecule has 0 atom stereocenters. The van der Waals surface area contributed by atoms with Gasteiger partial charge in [0.15, 0.2) is 5.76 Å². The Kier molecular flexibility index (Phi) is 3.16. The highest BCUT2D eigenvalue weighted by Crippen LogP contribution is 2.28. The summed E-state index contributed by atoms with van der Waals surface area (Å²) < 4.78 is 5.20. The van der Waals surface area contributed by atoms with Gasteiger partial charge in [-0.3, -0.25) is 14.9 Å². The molecule has 0 aliphatic heterocycles. The quantitative estimate of drug-likeness (QED) is 0.483. The molecule has 0 spiro atoms. The second-order valence-electron chi connectivity index (χ2n) is 3.70. The number of furan rings is 1. The zero-order valence-electron chi connectivity index (χ0n) is 9.34. The zero-order chi connectivity index (χ0) is 13.3. The van der Waals surface area contributed by atoms with Gasteiger partial charge in [-0.15, -0.1) is 0 Å². The fourth-order valence-electron chi connectivity index (χ4n) is 1.56. The van der Waals surface area contributed by atoms with E-state index in [1.807, 2.05) is 0 Å². The number of carbonyl (C=O) groups is 1. The Labute approximate surface area is 107 Å². The van der Waals surface area contributed by atoms with Gasteiger partial charge in [0.2, 0.25) is 0 Å². The summed E-state index contributed by atoms with van der Waals surface area (Å²) in [7, 11) is 0. The Balaban J connectivity index is 2.47. The average molecular weight is 266 g/mol. The highest BCUT2D eigenvalue weighted by molar-refractivity contribution is 6.67. The van der Waals surface area contributed by atoms with Crippen molar-refractivity contribution < 1.29 is 14.1 Å². The second kappa shape index (κ2) is 4.62. The summed E-state index contributed by atoms with van der Waals surface area (Å²) in [5.74, 6) is 0.372. The molecule has 92 valence electrons. The van der Waals surface area contributed by atoms with Gasteiger partial charge in [0.1, 0.15) is 5.76 Å². The molecule has 1 heterocycles. The maximum Gasteiger partial charge on any atom is 0.287 e. The Morgan fingerprint density at radius 1 is 1.33 bits per heavy atom. The molecule has 0 aliphatic carbocycles. The number of hydrogen-bond acceptors (Lipinski definition) is 4. The van der Waals surface area contributed by atoms with Crippen molar-refractivity contribution in [1.29, 1.82) is 0 Å². The van der Waals surface area contributed by atoms with Crippen LogP contribution >= 0.6 is 11.6 Å². The number of nitrogens with zero attached hydrogens (tertiary/aromatic N) is 1. The predicted octanol–water partition coefficient (Wildman–Crippen LogP) is 3.54. The average Bonchev–Trinajstić information content (AvgIpc) is 2.78. The highest BCUT2D eigenvalue weighted by Gasteiger charge is 2.15. The Morgan fingerprint density at radius 3 is 2.61 bits per heavy atom. The van der Waals surface area contributed by atoms with Crippen LogP contribution in [-0.4, -0.2) is 10.2 Å². The normalized spacial score (nSPS) is 10.3. The van der Waals surface area contributed by atoms with Crippen LogP contribution < -0.4 is 0 Å². The first-order valence-electron chi connectivity index (χ1n) is 5.04. The zero-order valence-corrected chi connectivity index (χ0v) is 10.1. The van der Waals surface area contributed by atoms with Crippen LogP contribution in [0.25, 0.3) is 11.3 Å². The molecule has 18 heavy (non-hydrogen) atoms. The van der Waals surface area contributed by atoms with Gasteiger partial charge in [-0.25, -0.2) is 0 Å². The van der Waals surface area contributed by atoms with Gasteiger partial charge < -0.3 is 4.42 Å². The summed E-state index contributed by atoms with van der Waals surface area (Å²) in [4.78, 5) is 21.2. The van der Waals surface area contributed by atoms with Crippen LogP contribution in [-0.2, 0) is 0 Å². The molecular formula is C12H8ClNO4. The van der Waals surface area contributed by atoms with E-state index in [1.54, 1.807) is 25.1 Å². The number of nitro groups is 1. The van der Waals surface area contributed by atoms with E-state index in [-0.39, 0.29) is 11.4 Å². The summed E-state index contributed by atoms with van der Waals surface area (Å²) in [6.45, 7) is 1.65. The number of carbonyl (C=O) groups excluding carboxylic acids is 1. The molecule has 0 amide bonds. The van der Waals surface area contributed by atoms with E-state index in [0.717, 1.165) is 0 Å². The second-order valence-corrected chi connectivity index (χ2v) is 4.04. The van der Waals surface area contributed by atoms with E-state index in [4.69, 9.17) is 16.0 Å². The van der Waals surface area contributed by atoms with Crippen molar-refractivity contribution in [2.75, 3.05) is 0 Å². The van der Waals surface area contributed by atoms with E-state index < -0.39 is 10.2 Å². The molecule has 0 saturated heterocycles. The Morgan fingerprint density at radius 2 is 2.06 bits per heavy atom. The van der Waals surface area contributed by atoms with Gasteiger partial charge in [0.25, 0.3) is 10.9 Å². The van der Waals surface area contributed by atoms with Gasteiger partial charge >= 0.3 is 0 Å². The van der Waals surface area contributed by atoms with Crippen LogP contribution in [0, 0.1) is 17.0 Å². The largest absolute Gasteiger partial charge is 0.452 e. The number of nitro benzene ring substituents is 1. The number of halogens is 1. The summed E-state index contributed by atoms with van der Waals surface area (Å²) in [6, 6.07) is 7.68. The topological polar surface area (TPSA) is 73.3 Å². The lowest BCUT2D eigenvalue weighted by molar-refractivity contribution is -0.385. The van der Waals surface area contributed by atoms with Crippen LogP contribution in [0.15, 0.2) is 34.7 Å². The SMILES string of the molecule is Cc1ccc(-c2ccc(C(=O)Cl)o2)cc1[N+](=O)[O-]. The van der Waals surface area contributed by atoms with Crippen molar-refractivity contribution in [3.05, 3.63) is 51.8 Å². The molecule has 0 fully saturated rings. The molecular weight excluding hydrogens is 258 g/mol. The fourth-order valence-corrected chi connectivity index (χ4v) is 1.66. The molecule has 2 aromatic rings. The van der Waals surface area contributed by atoms with Gasteiger partial charge in [0.05, 0.1) is 4.92 Å². The summed E-state index contributed by atoms with van der Waals surface area (Å²) in [5.41, 5.74) is 1.09. The van der Waals surface area contributed by atoms with Crippen molar-refractivity contribution in [2.45, 2.75) is 6.92 Å². The maximum atomic E-state index is 10.9. The summed E-state index contributed by atoms with van der Waals surface area (Å²) in [5, 5.41) is 10.1. The highest BCUT2D eigenvalue weighted by atomic mass is 35.5. The molecule has 6 heteroatoms. The molecule has 5 nitrogen and oxygen atoms in total. The van der Waals surface area contributed by atoms with Crippen LogP contribution in [0.5, 0.6) is 0 Å². The Bertz CT molecular complexity index is 633. The molecule has 2 rings (SSSR count). The molecule has 0 N–H and O–H groups in total. The minimum absolute atomic E-state index is 0.00245. The van der Waals surface area contributed by atoms with Crippen molar-refractivity contribution in [3.8, 4) is 11.3 Å². The van der Waals surface area contributed by atoms with Crippen LogP contribution in [0.3, 0.4) is 0 Å². The molecule has 0 unspecified atom stereocenters. The van der Waals surface area contributed by atoms with Crippen LogP contribution in [0.4, 0.5) is 5.69 Å². The van der Waals surface area contributed by atoms with Gasteiger partial charge in [-0.2, -0.15) is 0 Å². The van der Waals surface area contributed by atoms with Gasteiger partial charge in [-0.1, -0.05) is 12.1 Å². The minimum Gasteiger partial charge on any atom is -0.452 e. The molecule has 1 aromatic carbocycles. The van der Waals surface area contributed by atoms with Gasteiger partial charge in [-0.05, 0) is 30.7 Å². The van der Waals surface area contributed by atoms with E-state index in [1.165, 1.54) is 12.1 Å². The fraction of sp³-hybridized carbons (Fsp3) is 0.0833. The number of rotatable bonds is 3. The number of aryl methyl sites for hydroxylation is 1. The van der Waals surface area contributed by atoms with Crippen LogP contribution in [0.1, 0.15) is 16.1 Å². The first-order valence-corrected chi connectivity index (χ1v) is 5.42. The number of hydrogen-bond donors (Lipinski definition) is 0. The predicted molar refractivity (Wildman–Crippen MR) is 65.7 cm³/mol. The van der Waals surface area contributed by atoms with E-state index in [2.05, 4.69) is 0 Å². The Hall–Kier alpha value is -2.14. The van der Waals surface area contributed by atoms with E-state index >= 15 is 0 Å². The van der Waals surface area contributed by atoms with Crippen molar-refractivity contribution in [3.63, 3.8) is 0 Å². The number of benzene rings is 1. The monoisotopic (exact) mass is 265 g/mol. The lowest BCUT2D eigenvalue weighted by atomic mass is 10.1. The van der Waals surface area contributed by atoms with E-state index in [9.17, 15) is 14.9 Å². The summed E-state index contributed by atoms with van der Waals surface area (Å²) in [6.07, 6.45) is 0. The molecule has 0 saturated carbocycles. The van der Waals surface area contributed by atoms with Crippen LogP contribution in [0.2, 0.25) is 0 Å². The third-order valence-corrected chi connectivity index (χ3v) is 2.68. The minimum atomic E-state index is -0.706. The first kappa shape index (κ1) is 12.3. The molecule has 0 bridgehead atoms. The standard InChI is InChI=1S/C12H8ClNO4/c1-7-2-3-8(6-9(7)14(16)17)10-4-5-11(18-10)12(13)15/h2-6H,1H3. The maximum absolute atomic E-state index is 10.9. The lowest BCUT2D eigenvalue weighted by Gasteiger charge is -2.00. The van der Waals surface area contributed by atoms with Crippen molar-refractivity contribution >= 4 is 22.5 Å². The summed E-state index contributed by atoms with van der Waals surface area (Å²) >= 11 is 5.27.